The van der Waals surface area contributed by atoms with Gasteiger partial charge in [0.05, 0.1) is 17.3 Å². The monoisotopic (exact) mass is 482 g/mol. The van der Waals surface area contributed by atoms with Crippen molar-refractivity contribution in [1.82, 2.24) is 10.3 Å². The highest BCUT2D eigenvalue weighted by Gasteiger charge is 2.23. The number of aromatic nitrogens is 1. The van der Waals surface area contributed by atoms with Crippen LogP contribution in [0.4, 0.5) is 16.2 Å². The van der Waals surface area contributed by atoms with Crippen molar-refractivity contribution in [3.8, 4) is 11.1 Å². The number of benzene rings is 3. The summed E-state index contributed by atoms with van der Waals surface area (Å²) in [6.45, 7) is 5.17. The van der Waals surface area contributed by atoms with Gasteiger partial charge < -0.3 is 25.7 Å². The molecule has 0 radical (unpaired) electrons. The predicted molar refractivity (Wildman–Crippen MR) is 144 cm³/mol. The molecule has 1 aliphatic rings. The van der Waals surface area contributed by atoms with E-state index in [0.29, 0.717) is 29.1 Å². The molecule has 5 rings (SSSR count). The number of anilines is 2. The minimum Gasteiger partial charge on any atom is -0.376 e. The number of ether oxygens (including phenoxy) is 1. The second kappa shape index (κ2) is 10.3. The second-order valence-corrected chi connectivity index (χ2v) is 9.27. The predicted octanol–water partition coefficient (Wildman–Crippen LogP) is 6.00. The van der Waals surface area contributed by atoms with E-state index in [9.17, 15) is 9.59 Å². The number of nitrogens with one attached hydrogen (secondary N) is 4. The van der Waals surface area contributed by atoms with Crippen molar-refractivity contribution in [2.45, 2.75) is 32.8 Å². The summed E-state index contributed by atoms with van der Waals surface area (Å²) >= 11 is 0. The topological polar surface area (TPSA) is 95.2 Å². The fraction of sp³-hybridized carbons (Fsp3) is 0.241. The molecule has 7 heteroatoms. The van der Waals surface area contributed by atoms with Crippen LogP contribution in [0.25, 0.3) is 22.0 Å². The van der Waals surface area contributed by atoms with E-state index in [1.807, 2.05) is 80.6 Å². The molecule has 1 aliphatic heterocycles. The number of aromatic amines is 1. The van der Waals surface area contributed by atoms with Crippen molar-refractivity contribution in [2.24, 2.45) is 0 Å². The molecule has 0 spiro atoms. The zero-order valence-corrected chi connectivity index (χ0v) is 20.5. The Balaban J connectivity index is 1.50. The second-order valence-electron chi connectivity index (χ2n) is 9.27. The lowest BCUT2D eigenvalue weighted by Crippen LogP contribution is -2.32. The molecule has 1 fully saturated rings. The largest absolute Gasteiger partial charge is 0.376 e. The lowest BCUT2D eigenvalue weighted by molar-refractivity contribution is 0.0855. The summed E-state index contributed by atoms with van der Waals surface area (Å²) < 4.78 is 5.67. The van der Waals surface area contributed by atoms with Crippen molar-refractivity contribution in [1.29, 1.82) is 0 Å². The number of hydrogen-bond donors (Lipinski definition) is 4. The summed E-state index contributed by atoms with van der Waals surface area (Å²) in [6, 6.07) is 21.0. The Morgan fingerprint density at radius 3 is 2.47 bits per heavy atom. The van der Waals surface area contributed by atoms with Gasteiger partial charge in [-0.05, 0) is 62.1 Å². The third-order valence-electron chi connectivity index (χ3n) is 6.41. The van der Waals surface area contributed by atoms with Gasteiger partial charge >= 0.3 is 6.03 Å². The summed E-state index contributed by atoms with van der Waals surface area (Å²) in [5.41, 5.74) is 6.27. The molecule has 1 saturated heterocycles. The Bertz CT molecular complexity index is 1390. The van der Waals surface area contributed by atoms with E-state index in [0.717, 1.165) is 47.1 Å². The van der Waals surface area contributed by atoms with E-state index >= 15 is 0 Å². The first-order chi connectivity index (χ1) is 17.5. The van der Waals surface area contributed by atoms with Crippen molar-refractivity contribution in [3.05, 3.63) is 83.6 Å². The number of aryl methyl sites for hydroxylation is 2. The molecule has 0 saturated carbocycles. The summed E-state index contributed by atoms with van der Waals surface area (Å²) in [6.07, 6.45) is 2.01. The Labute approximate surface area is 210 Å². The van der Waals surface area contributed by atoms with Crippen LogP contribution in [0.2, 0.25) is 0 Å². The average molecular weight is 483 g/mol. The van der Waals surface area contributed by atoms with Crippen LogP contribution in [0.3, 0.4) is 0 Å². The van der Waals surface area contributed by atoms with Crippen molar-refractivity contribution in [3.63, 3.8) is 0 Å². The molecule has 4 N–H and O–H groups in total. The van der Waals surface area contributed by atoms with Crippen LogP contribution >= 0.6 is 0 Å². The molecule has 0 aliphatic carbocycles. The molecular weight excluding hydrogens is 452 g/mol. The Morgan fingerprint density at radius 2 is 1.75 bits per heavy atom. The molecule has 0 bridgehead atoms. The van der Waals surface area contributed by atoms with Crippen LogP contribution in [-0.4, -0.2) is 36.2 Å². The number of hydrogen-bond acceptors (Lipinski definition) is 3. The molecule has 1 aromatic heterocycles. The van der Waals surface area contributed by atoms with Gasteiger partial charge in [0.15, 0.2) is 0 Å². The van der Waals surface area contributed by atoms with Crippen molar-refractivity contribution < 1.29 is 14.3 Å². The normalized spacial score (nSPS) is 15.1. The first-order valence-corrected chi connectivity index (χ1v) is 12.2. The van der Waals surface area contributed by atoms with Crippen LogP contribution in [-0.2, 0) is 4.74 Å². The number of amides is 3. The van der Waals surface area contributed by atoms with Gasteiger partial charge in [-0.2, -0.15) is 0 Å². The first kappa shape index (κ1) is 23.6. The maximum atomic E-state index is 13.4. The zero-order valence-electron chi connectivity index (χ0n) is 20.5. The van der Waals surface area contributed by atoms with Crippen LogP contribution < -0.4 is 16.0 Å². The quantitative estimate of drug-likeness (QED) is 0.271. The van der Waals surface area contributed by atoms with Gasteiger partial charge in [0.1, 0.15) is 5.69 Å². The highest BCUT2D eigenvalue weighted by molar-refractivity contribution is 6.14. The van der Waals surface area contributed by atoms with Crippen LogP contribution in [0.1, 0.15) is 34.5 Å². The minimum atomic E-state index is -0.356. The maximum Gasteiger partial charge on any atom is 0.323 e. The van der Waals surface area contributed by atoms with Gasteiger partial charge in [-0.15, -0.1) is 0 Å². The average Bonchev–Trinajstić information content (AvgIpc) is 3.52. The van der Waals surface area contributed by atoms with Crippen LogP contribution in [0, 0.1) is 13.8 Å². The maximum absolute atomic E-state index is 13.4. The number of rotatable bonds is 6. The molecule has 184 valence electrons. The van der Waals surface area contributed by atoms with Gasteiger partial charge in [-0.1, -0.05) is 48.0 Å². The molecule has 1 atom stereocenters. The Kier molecular flexibility index (Phi) is 6.73. The molecule has 3 amide bonds. The molecule has 7 nitrogen and oxygen atoms in total. The van der Waals surface area contributed by atoms with Gasteiger partial charge in [-0.3, -0.25) is 4.79 Å². The molecule has 3 aromatic carbocycles. The van der Waals surface area contributed by atoms with E-state index in [2.05, 4.69) is 20.9 Å². The van der Waals surface area contributed by atoms with E-state index in [1.54, 1.807) is 0 Å². The molecular formula is C29H30N4O3. The lowest BCUT2D eigenvalue weighted by Gasteiger charge is -2.11. The van der Waals surface area contributed by atoms with Gasteiger partial charge in [0, 0.05) is 29.8 Å². The van der Waals surface area contributed by atoms with Gasteiger partial charge in [0.2, 0.25) is 0 Å². The summed E-state index contributed by atoms with van der Waals surface area (Å²) in [7, 11) is 0. The SMILES string of the molecule is Cc1ccc(NC(=O)Nc2cc(C)cc3c(-c4ccccc4)c(C(=O)NC[C@H]4CCCO4)[nH]c23)cc1. The van der Waals surface area contributed by atoms with E-state index in [-0.39, 0.29) is 18.0 Å². The third-order valence-corrected chi connectivity index (χ3v) is 6.41. The summed E-state index contributed by atoms with van der Waals surface area (Å²) in [5, 5.41) is 9.73. The number of urea groups is 1. The molecule has 0 unspecified atom stereocenters. The summed E-state index contributed by atoms with van der Waals surface area (Å²) in [4.78, 5) is 29.5. The third kappa shape index (κ3) is 5.11. The van der Waals surface area contributed by atoms with Crippen LogP contribution in [0.15, 0.2) is 66.7 Å². The Morgan fingerprint density at radius 1 is 0.972 bits per heavy atom. The Hall–Kier alpha value is -4.10. The van der Waals surface area contributed by atoms with E-state index < -0.39 is 0 Å². The number of H-pyrrole nitrogens is 1. The van der Waals surface area contributed by atoms with Crippen molar-refractivity contribution in [2.75, 3.05) is 23.8 Å². The molecule has 4 aromatic rings. The van der Waals surface area contributed by atoms with E-state index in [4.69, 9.17) is 4.74 Å². The molecule has 36 heavy (non-hydrogen) atoms. The highest BCUT2D eigenvalue weighted by atomic mass is 16.5. The lowest BCUT2D eigenvalue weighted by atomic mass is 10.00. The first-order valence-electron chi connectivity index (χ1n) is 12.2. The highest BCUT2D eigenvalue weighted by Crippen LogP contribution is 2.37. The van der Waals surface area contributed by atoms with Crippen LogP contribution in [0.5, 0.6) is 0 Å². The smallest absolute Gasteiger partial charge is 0.323 e. The fourth-order valence-electron chi connectivity index (χ4n) is 4.64. The fourth-order valence-corrected chi connectivity index (χ4v) is 4.64. The standard InChI is InChI=1S/C29H30N4O3/c1-18-10-12-21(13-11-18)31-29(35)32-24-16-19(2)15-23-25(20-7-4-3-5-8-20)27(33-26(23)24)28(34)30-17-22-9-6-14-36-22/h3-5,7-8,10-13,15-16,22,33H,6,9,14,17H2,1-2H3,(H,30,34)(H2,31,32,35)/t22-/m1/s1. The van der Waals surface area contributed by atoms with Gasteiger partial charge in [-0.25, -0.2) is 4.79 Å². The van der Waals surface area contributed by atoms with Gasteiger partial charge in [0.25, 0.3) is 5.91 Å². The molecule has 2 heterocycles. The summed E-state index contributed by atoms with van der Waals surface area (Å²) in [5.74, 6) is -0.201. The van der Waals surface area contributed by atoms with Crippen molar-refractivity contribution >= 4 is 34.2 Å². The minimum absolute atomic E-state index is 0.0449. The number of carbonyl (C=O) groups excluding carboxylic acids is 2. The zero-order chi connectivity index (χ0) is 25.1. The number of carbonyl (C=O) groups is 2. The van der Waals surface area contributed by atoms with E-state index in [1.165, 1.54) is 0 Å². The number of fused-ring (bicyclic) bond motifs is 1.